The fraction of sp³-hybridized carbons (Fsp3) is 0.263. The minimum absolute atomic E-state index is 0.0463. The van der Waals surface area contributed by atoms with Crippen LogP contribution in [0.25, 0.3) is 0 Å². The van der Waals surface area contributed by atoms with E-state index in [9.17, 15) is 9.59 Å². The van der Waals surface area contributed by atoms with E-state index in [2.05, 4.69) is 0 Å². The number of hydrogen-bond donors (Lipinski definition) is 0. The lowest BCUT2D eigenvalue weighted by Gasteiger charge is -2.25. The molecule has 118 valence electrons. The second-order valence-corrected chi connectivity index (χ2v) is 6.00. The van der Waals surface area contributed by atoms with Crippen LogP contribution in [0.15, 0.2) is 48.5 Å². The standard InChI is InChI=1S/C19H20N2O2/c1-14-7-3-4-8-16(14)12-21-18-10-6-5-9-17(18)20(13-22)11-15(2)19(21)23/h3-10,13,15H,11-12H2,1-2H3. The second kappa shape index (κ2) is 6.24. The van der Waals surface area contributed by atoms with E-state index in [-0.39, 0.29) is 11.8 Å². The molecule has 0 N–H and O–H groups in total. The third-order valence-electron chi connectivity index (χ3n) is 4.36. The normalized spacial score (nSPS) is 17.7. The summed E-state index contributed by atoms with van der Waals surface area (Å²) in [5.74, 6) is -0.193. The quantitative estimate of drug-likeness (QED) is 0.817. The van der Waals surface area contributed by atoms with Gasteiger partial charge in [0, 0.05) is 6.54 Å². The Morgan fingerprint density at radius 1 is 1.09 bits per heavy atom. The zero-order valence-electron chi connectivity index (χ0n) is 13.4. The summed E-state index contributed by atoms with van der Waals surface area (Å²) < 4.78 is 0. The predicted molar refractivity (Wildman–Crippen MR) is 91.4 cm³/mol. The van der Waals surface area contributed by atoms with Crippen LogP contribution in [-0.2, 0) is 16.1 Å². The number of aryl methyl sites for hydroxylation is 1. The highest BCUT2D eigenvalue weighted by Crippen LogP contribution is 2.34. The molecule has 1 unspecified atom stereocenters. The zero-order valence-corrected chi connectivity index (χ0v) is 13.4. The Bertz CT molecular complexity index is 742. The van der Waals surface area contributed by atoms with Gasteiger partial charge in [-0.15, -0.1) is 0 Å². The summed E-state index contributed by atoms with van der Waals surface area (Å²) in [5, 5.41) is 0. The van der Waals surface area contributed by atoms with Gasteiger partial charge in [0.1, 0.15) is 0 Å². The number of carbonyl (C=O) groups excluding carboxylic acids is 2. The van der Waals surface area contributed by atoms with Crippen molar-refractivity contribution in [3.63, 3.8) is 0 Å². The molecule has 0 spiro atoms. The molecule has 1 aliphatic heterocycles. The molecule has 23 heavy (non-hydrogen) atoms. The summed E-state index contributed by atoms with van der Waals surface area (Å²) >= 11 is 0. The van der Waals surface area contributed by atoms with E-state index in [0.29, 0.717) is 13.1 Å². The molecule has 0 aromatic heterocycles. The number of anilines is 2. The number of fused-ring (bicyclic) bond motifs is 1. The van der Waals surface area contributed by atoms with Gasteiger partial charge < -0.3 is 9.80 Å². The van der Waals surface area contributed by atoms with Gasteiger partial charge >= 0.3 is 0 Å². The third kappa shape index (κ3) is 2.84. The molecule has 2 aromatic rings. The molecule has 0 bridgehead atoms. The molecule has 2 aromatic carbocycles. The number of amides is 2. The first kappa shape index (κ1) is 15.3. The van der Waals surface area contributed by atoms with Crippen LogP contribution in [0.5, 0.6) is 0 Å². The smallest absolute Gasteiger partial charge is 0.231 e. The van der Waals surface area contributed by atoms with Crippen LogP contribution >= 0.6 is 0 Å². The first-order valence-corrected chi connectivity index (χ1v) is 7.78. The summed E-state index contributed by atoms with van der Waals surface area (Å²) in [7, 11) is 0. The SMILES string of the molecule is Cc1ccccc1CN1C(=O)C(C)CN(C=O)c2ccccc21. The average molecular weight is 308 g/mol. The van der Waals surface area contributed by atoms with Crippen molar-refractivity contribution in [2.75, 3.05) is 16.3 Å². The van der Waals surface area contributed by atoms with Gasteiger partial charge in [-0.05, 0) is 30.2 Å². The lowest BCUT2D eigenvalue weighted by Crippen LogP contribution is -2.36. The first-order valence-electron chi connectivity index (χ1n) is 7.78. The Hall–Kier alpha value is -2.62. The Morgan fingerprint density at radius 2 is 1.74 bits per heavy atom. The van der Waals surface area contributed by atoms with E-state index in [1.165, 1.54) is 0 Å². The number of para-hydroxylation sites is 2. The number of carbonyl (C=O) groups is 2. The monoisotopic (exact) mass is 308 g/mol. The minimum atomic E-state index is -0.239. The molecule has 0 aliphatic carbocycles. The Balaban J connectivity index is 2.07. The van der Waals surface area contributed by atoms with E-state index in [4.69, 9.17) is 0 Å². The molecule has 2 amide bonds. The Labute approximate surface area is 136 Å². The first-order chi connectivity index (χ1) is 11.1. The molecule has 4 nitrogen and oxygen atoms in total. The maximum atomic E-state index is 12.9. The van der Waals surface area contributed by atoms with Crippen molar-refractivity contribution in [2.24, 2.45) is 5.92 Å². The highest BCUT2D eigenvalue weighted by Gasteiger charge is 2.31. The van der Waals surface area contributed by atoms with Crippen LogP contribution in [0.2, 0.25) is 0 Å². The lowest BCUT2D eigenvalue weighted by atomic mass is 10.1. The fourth-order valence-electron chi connectivity index (χ4n) is 3.01. The van der Waals surface area contributed by atoms with Gasteiger partial charge in [0.15, 0.2) is 0 Å². The highest BCUT2D eigenvalue weighted by molar-refractivity contribution is 6.02. The van der Waals surface area contributed by atoms with Crippen LogP contribution in [0.3, 0.4) is 0 Å². The van der Waals surface area contributed by atoms with Crippen molar-refractivity contribution in [3.8, 4) is 0 Å². The molecule has 4 heteroatoms. The van der Waals surface area contributed by atoms with Crippen molar-refractivity contribution in [1.29, 1.82) is 0 Å². The molecule has 0 saturated heterocycles. The van der Waals surface area contributed by atoms with Gasteiger partial charge in [-0.3, -0.25) is 9.59 Å². The fourth-order valence-corrected chi connectivity index (χ4v) is 3.01. The lowest BCUT2D eigenvalue weighted by molar-refractivity contribution is -0.121. The zero-order chi connectivity index (χ0) is 16.4. The number of hydrogen-bond acceptors (Lipinski definition) is 2. The summed E-state index contributed by atoms with van der Waals surface area (Å²) in [6, 6.07) is 15.6. The molecule has 0 radical (unpaired) electrons. The van der Waals surface area contributed by atoms with Crippen LogP contribution < -0.4 is 9.80 Å². The van der Waals surface area contributed by atoms with E-state index < -0.39 is 0 Å². The van der Waals surface area contributed by atoms with Gasteiger partial charge in [-0.2, -0.15) is 0 Å². The summed E-state index contributed by atoms with van der Waals surface area (Å²) in [5.41, 5.74) is 3.84. The van der Waals surface area contributed by atoms with Gasteiger partial charge in [0.05, 0.1) is 23.8 Å². The molecule has 3 rings (SSSR count). The van der Waals surface area contributed by atoms with E-state index in [1.54, 1.807) is 9.80 Å². The van der Waals surface area contributed by atoms with E-state index >= 15 is 0 Å². The van der Waals surface area contributed by atoms with Crippen LogP contribution in [-0.4, -0.2) is 18.9 Å². The van der Waals surface area contributed by atoms with Crippen LogP contribution in [0.4, 0.5) is 11.4 Å². The van der Waals surface area contributed by atoms with Crippen molar-refractivity contribution < 1.29 is 9.59 Å². The predicted octanol–water partition coefficient (Wildman–Crippen LogP) is 3.14. The van der Waals surface area contributed by atoms with Crippen molar-refractivity contribution in [2.45, 2.75) is 20.4 Å². The number of nitrogens with zero attached hydrogens (tertiary/aromatic N) is 2. The second-order valence-electron chi connectivity index (χ2n) is 6.00. The number of benzene rings is 2. The Morgan fingerprint density at radius 3 is 2.43 bits per heavy atom. The van der Waals surface area contributed by atoms with Crippen molar-refractivity contribution in [1.82, 2.24) is 0 Å². The highest BCUT2D eigenvalue weighted by atomic mass is 16.2. The van der Waals surface area contributed by atoms with Crippen LogP contribution in [0, 0.1) is 12.8 Å². The molecule has 0 saturated carbocycles. The maximum Gasteiger partial charge on any atom is 0.231 e. The molecule has 0 fully saturated rings. The molecule has 1 atom stereocenters. The van der Waals surface area contributed by atoms with Gasteiger partial charge in [0.2, 0.25) is 12.3 Å². The summed E-state index contributed by atoms with van der Waals surface area (Å²) in [6.07, 6.45) is 0.805. The number of rotatable bonds is 3. The molecule has 1 heterocycles. The van der Waals surface area contributed by atoms with Crippen molar-refractivity contribution >= 4 is 23.7 Å². The van der Waals surface area contributed by atoms with Crippen molar-refractivity contribution in [3.05, 3.63) is 59.7 Å². The van der Waals surface area contributed by atoms with E-state index in [1.807, 2.05) is 62.4 Å². The minimum Gasteiger partial charge on any atom is -0.312 e. The van der Waals surface area contributed by atoms with Gasteiger partial charge in [-0.25, -0.2) is 0 Å². The average Bonchev–Trinajstić information content (AvgIpc) is 2.67. The summed E-state index contributed by atoms with van der Waals surface area (Å²) in [4.78, 5) is 27.7. The molecular formula is C19H20N2O2. The topological polar surface area (TPSA) is 40.6 Å². The largest absolute Gasteiger partial charge is 0.312 e. The van der Waals surface area contributed by atoms with Gasteiger partial charge in [-0.1, -0.05) is 43.3 Å². The third-order valence-corrected chi connectivity index (χ3v) is 4.36. The summed E-state index contributed by atoms with van der Waals surface area (Å²) in [6.45, 7) is 4.84. The molecular weight excluding hydrogens is 288 g/mol. The van der Waals surface area contributed by atoms with E-state index in [0.717, 1.165) is 28.9 Å². The van der Waals surface area contributed by atoms with Crippen LogP contribution in [0.1, 0.15) is 18.1 Å². The Kier molecular flexibility index (Phi) is 4.15. The maximum absolute atomic E-state index is 12.9. The molecule has 1 aliphatic rings. The van der Waals surface area contributed by atoms with Gasteiger partial charge in [0.25, 0.3) is 0 Å².